The van der Waals surface area contributed by atoms with Crippen molar-refractivity contribution in [2.24, 2.45) is 11.7 Å². The summed E-state index contributed by atoms with van der Waals surface area (Å²) in [4.78, 5) is 0. The molecule has 1 heterocycles. The number of para-hydroxylation sites is 1. The van der Waals surface area contributed by atoms with Gasteiger partial charge in [-0.1, -0.05) is 42.5 Å². The van der Waals surface area contributed by atoms with Crippen LogP contribution in [-0.4, -0.2) is 6.54 Å². The van der Waals surface area contributed by atoms with Gasteiger partial charge in [-0.05, 0) is 42.5 Å². The Morgan fingerprint density at radius 2 is 1.85 bits per heavy atom. The van der Waals surface area contributed by atoms with E-state index in [1.54, 1.807) is 0 Å². The highest BCUT2D eigenvalue weighted by Crippen LogP contribution is 2.49. The monoisotopic (exact) mass is 263 g/mol. The zero-order valence-electron chi connectivity index (χ0n) is 11.3. The molecule has 4 rings (SSSR count). The maximum Gasteiger partial charge on any atom is 0.135 e. The van der Waals surface area contributed by atoms with Gasteiger partial charge in [0.15, 0.2) is 0 Å². The van der Waals surface area contributed by atoms with E-state index >= 15 is 0 Å². The first-order valence-corrected chi connectivity index (χ1v) is 7.15. The summed E-state index contributed by atoms with van der Waals surface area (Å²) < 4.78 is 6.01. The molecular weight excluding hydrogens is 246 g/mol. The van der Waals surface area contributed by atoms with E-state index in [1.165, 1.54) is 17.5 Å². The van der Waals surface area contributed by atoms with E-state index in [1.807, 2.05) is 18.2 Å². The van der Waals surface area contributed by atoms with E-state index in [-0.39, 0.29) is 0 Å². The highest BCUT2D eigenvalue weighted by Gasteiger charge is 2.38. The van der Waals surface area contributed by atoms with Gasteiger partial charge in [-0.3, -0.25) is 0 Å². The Balaban J connectivity index is 1.82. The van der Waals surface area contributed by atoms with Crippen molar-refractivity contribution in [2.45, 2.75) is 12.3 Å². The molecule has 2 aromatic carbocycles. The van der Waals surface area contributed by atoms with Crippen molar-refractivity contribution in [3.8, 4) is 11.3 Å². The summed E-state index contributed by atoms with van der Waals surface area (Å²) in [5.41, 5.74) is 9.33. The molecule has 0 unspecified atom stereocenters. The van der Waals surface area contributed by atoms with Crippen molar-refractivity contribution in [3.63, 3.8) is 0 Å². The second-order valence-corrected chi connectivity index (χ2v) is 5.57. The van der Waals surface area contributed by atoms with Crippen LogP contribution >= 0.6 is 0 Å². The molecule has 2 heteroatoms. The second kappa shape index (κ2) is 4.50. The SMILES string of the molecule is NC[C@H]1C[C@@H]1c1ccccc1-c1cc2ccccc2o1. The molecule has 1 aliphatic carbocycles. The Morgan fingerprint density at radius 1 is 1.05 bits per heavy atom. The van der Waals surface area contributed by atoms with Gasteiger partial charge in [0.1, 0.15) is 11.3 Å². The summed E-state index contributed by atoms with van der Waals surface area (Å²) >= 11 is 0. The van der Waals surface area contributed by atoms with Crippen molar-refractivity contribution in [2.75, 3.05) is 6.54 Å². The normalized spacial score (nSPS) is 21.2. The minimum atomic E-state index is 0.601. The van der Waals surface area contributed by atoms with Gasteiger partial charge in [0.2, 0.25) is 0 Å². The first kappa shape index (κ1) is 11.7. The molecule has 0 saturated heterocycles. The fourth-order valence-corrected chi connectivity index (χ4v) is 3.05. The maximum atomic E-state index is 6.01. The zero-order chi connectivity index (χ0) is 13.5. The summed E-state index contributed by atoms with van der Waals surface area (Å²) in [6.07, 6.45) is 1.20. The highest BCUT2D eigenvalue weighted by molar-refractivity contribution is 5.83. The number of rotatable bonds is 3. The molecule has 20 heavy (non-hydrogen) atoms. The van der Waals surface area contributed by atoms with Crippen molar-refractivity contribution in [1.29, 1.82) is 0 Å². The third kappa shape index (κ3) is 1.84. The van der Waals surface area contributed by atoms with Gasteiger partial charge in [0, 0.05) is 10.9 Å². The molecule has 1 fully saturated rings. The molecular formula is C18H17NO. The van der Waals surface area contributed by atoms with Crippen LogP contribution in [-0.2, 0) is 0 Å². The fraction of sp³-hybridized carbons (Fsp3) is 0.222. The number of fused-ring (bicyclic) bond motifs is 1. The third-order valence-corrected chi connectivity index (χ3v) is 4.28. The molecule has 0 spiro atoms. The number of hydrogen-bond acceptors (Lipinski definition) is 2. The molecule has 3 aromatic rings. The standard InChI is InChI=1S/C18H17NO/c19-11-13-9-16(13)14-6-2-3-7-15(14)18-10-12-5-1-4-8-17(12)20-18/h1-8,10,13,16H,9,11,19H2/t13-,16+/m1/s1. The van der Waals surface area contributed by atoms with E-state index in [0.29, 0.717) is 11.8 Å². The Morgan fingerprint density at radius 3 is 2.65 bits per heavy atom. The third-order valence-electron chi connectivity index (χ3n) is 4.28. The van der Waals surface area contributed by atoms with Crippen LogP contribution in [0.25, 0.3) is 22.3 Å². The van der Waals surface area contributed by atoms with E-state index in [9.17, 15) is 0 Å². The molecule has 2 atom stereocenters. The minimum Gasteiger partial charge on any atom is -0.456 e. The summed E-state index contributed by atoms with van der Waals surface area (Å²) in [5, 5.41) is 1.16. The van der Waals surface area contributed by atoms with Crippen LogP contribution in [0.5, 0.6) is 0 Å². The van der Waals surface area contributed by atoms with Gasteiger partial charge >= 0.3 is 0 Å². The van der Waals surface area contributed by atoms with E-state index in [0.717, 1.165) is 23.3 Å². The number of furan rings is 1. The Bertz CT molecular complexity index is 726. The van der Waals surface area contributed by atoms with Crippen LogP contribution < -0.4 is 5.73 Å². The fourth-order valence-electron chi connectivity index (χ4n) is 3.05. The molecule has 2 nitrogen and oxygen atoms in total. The topological polar surface area (TPSA) is 39.2 Å². The predicted molar refractivity (Wildman–Crippen MR) is 81.6 cm³/mol. The molecule has 0 bridgehead atoms. The first-order valence-electron chi connectivity index (χ1n) is 7.15. The number of nitrogens with two attached hydrogens (primary N) is 1. The lowest BCUT2D eigenvalue weighted by Gasteiger charge is -2.06. The molecule has 2 N–H and O–H groups in total. The Labute approximate surface area is 118 Å². The van der Waals surface area contributed by atoms with Gasteiger partial charge in [-0.15, -0.1) is 0 Å². The maximum absolute atomic E-state index is 6.01. The lowest BCUT2D eigenvalue weighted by molar-refractivity contribution is 0.630. The molecule has 0 aliphatic heterocycles. The van der Waals surface area contributed by atoms with Gasteiger partial charge in [0.05, 0.1) is 0 Å². The lowest BCUT2D eigenvalue weighted by atomic mass is 10.00. The molecule has 0 amide bonds. The predicted octanol–water partition coefficient (Wildman–Crippen LogP) is 4.16. The van der Waals surface area contributed by atoms with Gasteiger partial charge < -0.3 is 10.2 Å². The summed E-state index contributed by atoms with van der Waals surface area (Å²) in [6.45, 7) is 0.777. The lowest BCUT2D eigenvalue weighted by Crippen LogP contribution is -2.02. The summed E-state index contributed by atoms with van der Waals surface area (Å²) in [7, 11) is 0. The van der Waals surface area contributed by atoms with Crippen LogP contribution in [0.3, 0.4) is 0 Å². The van der Waals surface area contributed by atoms with Crippen LogP contribution in [0, 0.1) is 5.92 Å². The molecule has 1 aliphatic rings. The second-order valence-electron chi connectivity index (χ2n) is 5.57. The van der Waals surface area contributed by atoms with Crippen LogP contribution in [0.2, 0.25) is 0 Å². The minimum absolute atomic E-state index is 0.601. The Kier molecular flexibility index (Phi) is 2.64. The molecule has 100 valence electrons. The molecule has 1 saturated carbocycles. The average Bonchev–Trinajstić information content (AvgIpc) is 3.16. The quantitative estimate of drug-likeness (QED) is 0.770. The van der Waals surface area contributed by atoms with Crippen LogP contribution in [0.1, 0.15) is 17.9 Å². The zero-order valence-corrected chi connectivity index (χ0v) is 11.3. The summed E-state index contributed by atoms with van der Waals surface area (Å²) in [5.74, 6) is 2.20. The molecule has 0 radical (unpaired) electrons. The van der Waals surface area contributed by atoms with Crippen molar-refractivity contribution in [1.82, 2.24) is 0 Å². The Hall–Kier alpha value is -2.06. The van der Waals surface area contributed by atoms with E-state index in [4.69, 9.17) is 10.2 Å². The van der Waals surface area contributed by atoms with E-state index in [2.05, 4.69) is 36.4 Å². The largest absolute Gasteiger partial charge is 0.456 e. The number of hydrogen-bond donors (Lipinski definition) is 1. The van der Waals surface area contributed by atoms with Crippen LogP contribution in [0.15, 0.2) is 59.0 Å². The highest BCUT2D eigenvalue weighted by atomic mass is 16.3. The van der Waals surface area contributed by atoms with Crippen molar-refractivity contribution < 1.29 is 4.42 Å². The van der Waals surface area contributed by atoms with Gasteiger partial charge in [-0.2, -0.15) is 0 Å². The van der Waals surface area contributed by atoms with Crippen LogP contribution in [0.4, 0.5) is 0 Å². The van der Waals surface area contributed by atoms with Crippen molar-refractivity contribution in [3.05, 3.63) is 60.2 Å². The summed E-state index contributed by atoms with van der Waals surface area (Å²) in [6, 6.07) is 18.8. The van der Waals surface area contributed by atoms with E-state index < -0.39 is 0 Å². The average molecular weight is 263 g/mol. The molecule has 1 aromatic heterocycles. The van der Waals surface area contributed by atoms with Gasteiger partial charge in [-0.25, -0.2) is 0 Å². The number of benzene rings is 2. The smallest absolute Gasteiger partial charge is 0.135 e. The van der Waals surface area contributed by atoms with Crippen molar-refractivity contribution >= 4 is 11.0 Å². The van der Waals surface area contributed by atoms with Gasteiger partial charge in [0.25, 0.3) is 0 Å². The first-order chi connectivity index (χ1) is 9.86.